The number of methoxy groups -OCH3 is 1. The molecule has 2 aliphatic carbocycles. The normalized spacial score (nSPS) is 10.4. The maximum atomic E-state index is 11.6. The SMILES string of the molecule is COC(=O)c1ccc2c(CBr)ccccc1-2. The summed E-state index contributed by atoms with van der Waals surface area (Å²) in [6, 6.07) is 11.6. The summed E-state index contributed by atoms with van der Waals surface area (Å²) in [5.41, 5.74) is 3.81. The Balaban J connectivity index is 2.61. The van der Waals surface area contributed by atoms with E-state index in [1.54, 1.807) is 0 Å². The lowest BCUT2D eigenvalue weighted by Crippen LogP contribution is -2.00. The van der Waals surface area contributed by atoms with Gasteiger partial charge in [-0.05, 0) is 22.8 Å². The molecule has 0 unspecified atom stereocenters. The first-order valence-corrected chi connectivity index (χ1v) is 6.05. The molecule has 0 aromatic carbocycles. The molecule has 0 saturated carbocycles. The van der Waals surface area contributed by atoms with Gasteiger partial charge in [-0.15, -0.1) is 0 Å². The Kier molecular flexibility index (Phi) is 3.25. The van der Waals surface area contributed by atoms with Gasteiger partial charge in [0.1, 0.15) is 0 Å². The lowest BCUT2D eigenvalue weighted by Gasteiger charge is -2.02. The van der Waals surface area contributed by atoms with E-state index in [1.807, 2.05) is 36.4 Å². The van der Waals surface area contributed by atoms with Gasteiger partial charge in [0.25, 0.3) is 0 Å². The minimum absolute atomic E-state index is 0.290. The molecule has 0 spiro atoms. The summed E-state index contributed by atoms with van der Waals surface area (Å²) in [7, 11) is 1.40. The van der Waals surface area contributed by atoms with Gasteiger partial charge in [0.05, 0.1) is 12.7 Å². The summed E-state index contributed by atoms with van der Waals surface area (Å²) in [6.07, 6.45) is 0. The van der Waals surface area contributed by atoms with Crippen LogP contribution >= 0.6 is 15.9 Å². The van der Waals surface area contributed by atoms with Crippen LogP contribution in [0.2, 0.25) is 0 Å². The topological polar surface area (TPSA) is 26.3 Å². The highest BCUT2D eigenvalue weighted by molar-refractivity contribution is 9.08. The predicted molar refractivity (Wildman–Crippen MR) is 67.0 cm³/mol. The zero-order valence-corrected chi connectivity index (χ0v) is 10.5. The number of halogens is 1. The van der Waals surface area contributed by atoms with Gasteiger partial charge >= 0.3 is 5.97 Å². The highest BCUT2D eigenvalue weighted by atomic mass is 79.9. The molecule has 2 aliphatic rings. The maximum Gasteiger partial charge on any atom is 0.338 e. The average Bonchev–Trinajstić information content (AvgIpc) is 2.62. The second kappa shape index (κ2) is 4.66. The summed E-state index contributed by atoms with van der Waals surface area (Å²) < 4.78 is 4.76. The number of alkyl halides is 1. The zero-order valence-electron chi connectivity index (χ0n) is 8.87. The van der Waals surface area contributed by atoms with Gasteiger partial charge in [-0.25, -0.2) is 4.79 Å². The third-order valence-corrected chi connectivity index (χ3v) is 3.17. The van der Waals surface area contributed by atoms with E-state index in [4.69, 9.17) is 4.74 Å². The van der Waals surface area contributed by atoms with E-state index < -0.39 is 0 Å². The Hall–Kier alpha value is -1.35. The molecule has 0 atom stereocenters. The molecule has 2 nitrogen and oxygen atoms in total. The molecule has 16 heavy (non-hydrogen) atoms. The number of esters is 1. The van der Waals surface area contributed by atoms with Crippen LogP contribution in [0.3, 0.4) is 0 Å². The van der Waals surface area contributed by atoms with Crippen molar-refractivity contribution in [3.05, 3.63) is 47.5 Å². The van der Waals surface area contributed by atoms with Crippen molar-refractivity contribution in [2.24, 2.45) is 0 Å². The first-order valence-electron chi connectivity index (χ1n) is 4.93. The van der Waals surface area contributed by atoms with E-state index in [9.17, 15) is 4.79 Å². The van der Waals surface area contributed by atoms with Crippen LogP contribution in [-0.4, -0.2) is 13.1 Å². The van der Waals surface area contributed by atoms with Gasteiger partial charge in [-0.1, -0.05) is 46.3 Å². The molecule has 0 bridgehead atoms. The molecule has 82 valence electrons. The summed E-state index contributed by atoms with van der Waals surface area (Å²) in [5.74, 6) is -0.290. The second-order valence-corrected chi connectivity index (χ2v) is 4.00. The summed E-state index contributed by atoms with van der Waals surface area (Å²) in [5, 5.41) is 0.767. The number of carbonyl (C=O) groups is 1. The quantitative estimate of drug-likeness (QED) is 0.621. The lowest BCUT2D eigenvalue weighted by molar-refractivity contribution is 0.0602. The standard InChI is InChI=1S/C13H11BrO2/c1-16-13(15)12-7-6-10-9(8-14)4-2-3-5-11(10)12/h2-7H,8H2,1H3. The summed E-state index contributed by atoms with van der Waals surface area (Å²) in [6.45, 7) is 0. The van der Waals surface area contributed by atoms with Crippen molar-refractivity contribution < 1.29 is 9.53 Å². The fourth-order valence-electron chi connectivity index (χ4n) is 1.77. The van der Waals surface area contributed by atoms with Crippen molar-refractivity contribution in [3.8, 4) is 11.1 Å². The number of fused-ring (bicyclic) bond motifs is 1. The van der Waals surface area contributed by atoms with Crippen molar-refractivity contribution in [1.82, 2.24) is 0 Å². The van der Waals surface area contributed by atoms with Crippen LogP contribution in [0.5, 0.6) is 0 Å². The number of hydrogen-bond donors (Lipinski definition) is 0. The Morgan fingerprint density at radius 1 is 1.19 bits per heavy atom. The molecule has 0 aromatic rings. The Labute approximate surface area is 103 Å². The lowest BCUT2D eigenvalue weighted by atomic mass is 10.1. The minimum Gasteiger partial charge on any atom is -0.465 e. The molecule has 2 rings (SSSR count). The zero-order chi connectivity index (χ0) is 11.5. The van der Waals surface area contributed by atoms with Crippen LogP contribution in [0.25, 0.3) is 11.1 Å². The van der Waals surface area contributed by atoms with Gasteiger partial charge in [-0.3, -0.25) is 0 Å². The number of carbonyl (C=O) groups excluding carboxylic acids is 1. The second-order valence-electron chi connectivity index (χ2n) is 3.44. The fourth-order valence-corrected chi connectivity index (χ4v) is 2.26. The third kappa shape index (κ3) is 1.83. The van der Waals surface area contributed by atoms with E-state index >= 15 is 0 Å². The van der Waals surface area contributed by atoms with Gasteiger partial charge in [-0.2, -0.15) is 0 Å². The maximum absolute atomic E-state index is 11.6. The van der Waals surface area contributed by atoms with E-state index in [-0.39, 0.29) is 5.97 Å². The molecule has 3 heteroatoms. The van der Waals surface area contributed by atoms with Crippen molar-refractivity contribution in [1.29, 1.82) is 0 Å². The molecule has 0 aliphatic heterocycles. The van der Waals surface area contributed by atoms with Crippen LogP contribution < -0.4 is 0 Å². The fraction of sp³-hybridized carbons (Fsp3) is 0.154. The Morgan fingerprint density at radius 3 is 2.62 bits per heavy atom. The van der Waals surface area contributed by atoms with Crippen molar-refractivity contribution in [2.45, 2.75) is 5.33 Å². The highest BCUT2D eigenvalue weighted by Crippen LogP contribution is 2.31. The molecule has 0 saturated heterocycles. The molecule has 0 fully saturated rings. The smallest absolute Gasteiger partial charge is 0.338 e. The van der Waals surface area contributed by atoms with Crippen LogP contribution in [0.15, 0.2) is 36.4 Å². The molecular formula is C13H11BrO2. The molecular weight excluding hydrogens is 268 g/mol. The molecule has 0 amide bonds. The minimum atomic E-state index is -0.290. The van der Waals surface area contributed by atoms with E-state index in [1.165, 1.54) is 7.11 Å². The van der Waals surface area contributed by atoms with Crippen molar-refractivity contribution in [2.75, 3.05) is 7.11 Å². The van der Waals surface area contributed by atoms with Crippen LogP contribution in [0, 0.1) is 0 Å². The average molecular weight is 279 g/mol. The molecule has 0 N–H and O–H groups in total. The van der Waals surface area contributed by atoms with Crippen molar-refractivity contribution in [3.63, 3.8) is 0 Å². The van der Waals surface area contributed by atoms with Gasteiger partial charge < -0.3 is 4.74 Å². The molecule has 0 radical (unpaired) electrons. The van der Waals surface area contributed by atoms with Crippen LogP contribution in [-0.2, 0) is 10.1 Å². The number of hydrogen-bond acceptors (Lipinski definition) is 2. The molecule has 0 aromatic heterocycles. The van der Waals surface area contributed by atoms with Crippen LogP contribution in [0.1, 0.15) is 15.9 Å². The Morgan fingerprint density at radius 2 is 1.94 bits per heavy atom. The van der Waals surface area contributed by atoms with Crippen molar-refractivity contribution >= 4 is 21.9 Å². The van der Waals surface area contributed by atoms with Gasteiger partial charge in [0, 0.05) is 5.33 Å². The largest absolute Gasteiger partial charge is 0.465 e. The van der Waals surface area contributed by atoms with Crippen LogP contribution in [0.4, 0.5) is 0 Å². The van der Waals surface area contributed by atoms with E-state index in [0.29, 0.717) is 5.56 Å². The Bertz CT molecular complexity index is 494. The third-order valence-electron chi connectivity index (χ3n) is 2.56. The number of ether oxygens (including phenoxy) is 1. The molecule has 0 heterocycles. The monoisotopic (exact) mass is 278 g/mol. The van der Waals surface area contributed by atoms with Gasteiger partial charge in [0.2, 0.25) is 0 Å². The first-order chi connectivity index (χ1) is 7.77. The first kappa shape index (κ1) is 11.1. The van der Waals surface area contributed by atoms with E-state index in [0.717, 1.165) is 22.0 Å². The number of rotatable bonds is 2. The predicted octanol–water partition coefficient (Wildman–Crippen LogP) is 3.47. The van der Waals surface area contributed by atoms with E-state index in [2.05, 4.69) is 15.9 Å². The van der Waals surface area contributed by atoms with Gasteiger partial charge in [0.15, 0.2) is 0 Å². The highest BCUT2D eigenvalue weighted by Gasteiger charge is 2.17. The summed E-state index contributed by atoms with van der Waals surface area (Å²) in [4.78, 5) is 11.6. The summed E-state index contributed by atoms with van der Waals surface area (Å²) >= 11 is 3.45.